The molecule has 0 amide bonds. The van der Waals surface area contributed by atoms with E-state index in [1.807, 2.05) is 79.1 Å². The number of aromatic nitrogens is 3. The molecule has 0 saturated carbocycles. The summed E-state index contributed by atoms with van der Waals surface area (Å²) in [4.78, 5) is 0. The largest absolute Gasteiger partial charge is 0.490 e. The molecule has 0 fully saturated rings. The first-order chi connectivity index (χ1) is 14.6. The lowest BCUT2D eigenvalue weighted by molar-refractivity contribution is 0.125. The summed E-state index contributed by atoms with van der Waals surface area (Å²) >= 11 is 1.43. The van der Waals surface area contributed by atoms with E-state index in [9.17, 15) is 5.11 Å². The van der Waals surface area contributed by atoms with E-state index in [0.717, 1.165) is 22.6 Å². The molecule has 0 spiro atoms. The lowest BCUT2D eigenvalue weighted by Crippen LogP contribution is -2.21. The molecule has 30 heavy (non-hydrogen) atoms. The Balaban J connectivity index is 1.48. The average molecular weight is 422 g/mol. The van der Waals surface area contributed by atoms with Crippen molar-refractivity contribution in [3.8, 4) is 23.0 Å². The summed E-state index contributed by atoms with van der Waals surface area (Å²) < 4.78 is 13.3. The van der Waals surface area contributed by atoms with E-state index < -0.39 is 6.10 Å². The molecule has 0 aliphatic carbocycles. The molecule has 1 unspecified atom stereocenters. The van der Waals surface area contributed by atoms with Crippen LogP contribution in [0.4, 0.5) is 0 Å². The molecule has 2 aromatic carbocycles. The minimum Gasteiger partial charge on any atom is -0.490 e. The van der Waals surface area contributed by atoms with Gasteiger partial charge in [0.1, 0.15) is 12.4 Å². The topological polar surface area (TPSA) is 73.3 Å². The van der Waals surface area contributed by atoms with E-state index in [1.165, 1.54) is 11.8 Å². The van der Waals surface area contributed by atoms with Crippen molar-refractivity contribution in [1.82, 2.24) is 14.8 Å². The fourth-order valence-corrected chi connectivity index (χ4v) is 4.02. The van der Waals surface area contributed by atoms with Crippen LogP contribution >= 0.6 is 11.8 Å². The normalized spacial score (nSPS) is 12.1. The number of thioether (sulfide) groups is 1. The molecule has 4 rings (SSSR count). The van der Waals surface area contributed by atoms with Crippen molar-refractivity contribution in [2.24, 2.45) is 0 Å². The van der Waals surface area contributed by atoms with Crippen LogP contribution in [-0.4, -0.2) is 38.3 Å². The first-order valence-corrected chi connectivity index (χ1v) is 10.7. The van der Waals surface area contributed by atoms with Gasteiger partial charge in [-0.1, -0.05) is 48.2 Å². The molecule has 2 heterocycles. The molecule has 0 aliphatic rings. The summed E-state index contributed by atoms with van der Waals surface area (Å²) in [7, 11) is 0. The van der Waals surface area contributed by atoms with Crippen LogP contribution in [0.2, 0.25) is 0 Å². The summed E-state index contributed by atoms with van der Waals surface area (Å²) in [6.07, 6.45) is 0.961. The first-order valence-electron chi connectivity index (χ1n) is 9.68. The SMILES string of the molecule is Cc1cccc(C)c1OCC(O)CSc1nnc(-c2ccco2)n1-c1ccccc1. The maximum absolute atomic E-state index is 10.5. The van der Waals surface area contributed by atoms with Crippen molar-refractivity contribution in [3.63, 3.8) is 0 Å². The zero-order valence-electron chi connectivity index (χ0n) is 16.9. The van der Waals surface area contributed by atoms with Gasteiger partial charge in [0.05, 0.1) is 12.4 Å². The van der Waals surface area contributed by atoms with Crippen LogP contribution in [0, 0.1) is 13.8 Å². The predicted octanol–water partition coefficient (Wildman–Crippen LogP) is 4.68. The highest BCUT2D eigenvalue weighted by molar-refractivity contribution is 7.99. The summed E-state index contributed by atoms with van der Waals surface area (Å²) in [6.45, 7) is 4.22. The number of aryl methyl sites for hydroxylation is 2. The minimum absolute atomic E-state index is 0.212. The van der Waals surface area contributed by atoms with E-state index in [1.54, 1.807) is 6.26 Å². The molecule has 0 aliphatic heterocycles. The third kappa shape index (κ3) is 4.42. The molecule has 0 saturated heterocycles. The van der Waals surface area contributed by atoms with Gasteiger partial charge in [0.25, 0.3) is 0 Å². The Kier molecular flexibility index (Phi) is 6.21. The lowest BCUT2D eigenvalue weighted by Gasteiger charge is -2.15. The minimum atomic E-state index is -0.651. The van der Waals surface area contributed by atoms with Gasteiger partial charge in [0, 0.05) is 11.4 Å². The molecule has 0 bridgehead atoms. The maximum atomic E-state index is 10.5. The molecule has 6 nitrogen and oxygen atoms in total. The molecule has 1 atom stereocenters. The Morgan fingerprint density at radius 3 is 2.47 bits per heavy atom. The highest BCUT2D eigenvalue weighted by Gasteiger charge is 2.19. The zero-order chi connectivity index (χ0) is 20.9. The zero-order valence-corrected chi connectivity index (χ0v) is 17.7. The van der Waals surface area contributed by atoms with Crippen molar-refractivity contribution in [1.29, 1.82) is 0 Å². The molecule has 1 N–H and O–H groups in total. The molecule has 2 aromatic heterocycles. The number of nitrogens with zero attached hydrogens (tertiary/aromatic N) is 3. The van der Waals surface area contributed by atoms with Crippen molar-refractivity contribution >= 4 is 11.8 Å². The second kappa shape index (κ2) is 9.19. The first kappa shape index (κ1) is 20.3. The summed E-state index contributed by atoms with van der Waals surface area (Å²) in [5.74, 6) is 2.51. The highest BCUT2D eigenvalue weighted by atomic mass is 32.2. The number of ether oxygens (including phenoxy) is 1. The van der Waals surface area contributed by atoms with Crippen LogP contribution in [-0.2, 0) is 0 Å². The van der Waals surface area contributed by atoms with Gasteiger partial charge in [-0.15, -0.1) is 10.2 Å². The molecular formula is C23H23N3O3S. The lowest BCUT2D eigenvalue weighted by atomic mass is 10.1. The van der Waals surface area contributed by atoms with Gasteiger partial charge < -0.3 is 14.3 Å². The Bertz CT molecular complexity index is 1070. The maximum Gasteiger partial charge on any atom is 0.205 e. The average Bonchev–Trinajstić information content (AvgIpc) is 3.42. The molecule has 7 heteroatoms. The van der Waals surface area contributed by atoms with E-state index >= 15 is 0 Å². The predicted molar refractivity (Wildman–Crippen MR) is 117 cm³/mol. The van der Waals surface area contributed by atoms with Crippen LogP contribution in [0.25, 0.3) is 17.3 Å². The summed E-state index contributed by atoms with van der Waals surface area (Å²) in [5, 5.41) is 19.8. The number of aliphatic hydroxyl groups is 1. The Labute approximate surface area is 179 Å². The van der Waals surface area contributed by atoms with Crippen LogP contribution in [0.3, 0.4) is 0 Å². The van der Waals surface area contributed by atoms with Crippen molar-refractivity contribution in [2.45, 2.75) is 25.1 Å². The Morgan fingerprint density at radius 2 is 1.77 bits per heavy atom. The van der Waals surface area contributed by atoms with Crippen LogP contribution in [0.15, 0.2) is 76.5 Å². The van der Waals surface area contributed by atoms with Crippen molar-refractivity contribution in [2.75, 3.05) is 12.4 Å². The number of aliphatic hydroxyl groups excluding tert-OH is 1. The van der Waals surface area contributed by atoms with E-state index in [2.05, 4.69) is 10.2 Å². The second-order valence-electron chi connectivity index (χ2n) is 6.95. The number of benzene rings is 2. The number of furan rings is 1. The van der Waals surface area contributed by atoms with E-state index in [-0.39, 0.29) is 6.61 Å². The van der Waals surface area contributed by atoms with Gasteiger partial charge >= 0.3 is 0 Å². The summed E-state index contributed by atoms with van der Waals surface area (Å²) in [5.41, 5.74) is 3.04. The van der Waals surface area contributed by atoms with E-state index in [0.29, 0.717) is 22.5 Å². The van der Waals surface area contributed by atoms with Crippen LogP contribution in [0.1, 0.15) is 11.1 Å². The quantitative estimate of drug-likeness (QED) is 0.417. The smallest absolute Gasteiger partial charge is 0.205 e. The second-order valence-corrected chi connectivity index (χ2v) is 7.94. The van der Waals surface area contributed by atoms with Crippen molar-refractivity contribution in [3.05, 3.63) is 78.1 Å². The van der Waals surface area contributed by atoms with Gasteiger partial charge in [-0.2, -0.15) is 0 Å². The fraction of sp³-hybridized carbons (Fsp3) is 0.217. The Morgan fingerprint density at radius 1 is 1.00 bits per heavy atom. The van der Waals surface area contributed by atoms with Gasteiger partial charge in [-0.3, -0.25) is 4.57 Å². The van der Waals surface area contributed by atoms with Gasteiger partial charge in [0.2, 0.25) is 5.82 Å². The number of para-hydroxylation sites is 2. The summed E-state index contributed by atoms with van der Waals surface area (Å²) in [6, 6.07) is 19.5. The molecule has 4 aromatic rings. The third-order valence-corrected chi connectivity index (χ3v) is 5.70. The molecule has 154 valence electrons. The number of hydrogen-bond acceptors (Lipinski definition) is 6. The molecular weight excluding hydrogens is 398 g/mol. The number of rotatable bonds is 8. The van der Waals surface area contributed by atoms with E-state index in [4.69, 9.17) is 9.15 Å². The van der Waals surface area contributed by atoms with Crippen molar-refractivity contribution < 1.29 is 14.3 Å². The molecule has 0 radical (unpaired) electrons. The highest BCUT2D eigenvalue weighted by Crippen LogP contribution is 2.29. The van der Waals surface area contributed by atoms with Crippen LogP contribution < -0.4 is 4.74 Å². The monoisotopic (exact) mass is 421 g/mol. The van der Waals surface area contributed by atoms with Gasteiger partial charge in [-0.25, -0.2) is 0 Å². The van der Waals surface area contributed by atoms with Gasteiger partial charge in [-0.05, 0) is 49.2 Å². The Hall–Kier alpha value is -3.03. The van der Waals surface area contributed by atoms with Gasteiger partial charge in [0.15, 0.2) is 10.9 Å². The third-order valence-electron chi connectivity index (χ3n) is 4.62. The number of hydrogen-bond donors (Lipinski definition) is 1. The standard InChI is InChI=1S/C23H23N3O3S/c1-16-8-6-9-17(2)21(16)29-14-19(27)15-30-23-25-24-22(20-12-7-13-28-20)26(23)18-10-4-3-5-11-18/h3-13,19,27H,14-15H2,1-2H3. The fourth-order valence-electron chi connectivity index (χ4n) is 3.16. The van der Waals surface area contributed by atoms with Crippen LogP contribution in [0.5, 0.6) is 5.75 Å².